The van der Waals surface area contributed by atoms with Crippen LogP contribution in [0.2, 0.25) is 0 Å². The van der Waals surface area contributed by atoms with Crippen LogP contribution in [-0.2, 0) is 20.2 Å². The Bertz CT molecular complexity index is 997. The highest BCUT2D eigenvalue weighted by Crippen LogP contribution is 2.29. The molecule has 0 bridgehead atoms. The van der Waals surface area contributed by atoms with Gasteiger partial charge in [-0.15, -0.1) is 0 Å². The molecule has 2 aromatic carbocycles. The third-order valence-electron chi connectivity index (χ3n) is 2.96. The first-order chi connectivity index (χ1) is 11.5. The topological polar surface area (TPSA) is 169 Å². The molecule has 0 amide bonds. The minimum atomic E-state index is -4.72. The standard InChI is InChI=1S/C13H13N3O7S2/c1-23-13-6-8(2-3-12(13)14)15-16-9-4-10(24(17,18)19)7-11(5-9)25(20,21)22/h2-7H,14H2,1H3,(H,17,18,19)(H,20,21,22). The molecule has 0 aliphatic carbocycles. The predicted octanol–water partition coefficient (Wildman–Crippen LogP) is 2.19. The lowest BCUT2D eigenvalue weighted by atomic mass is 10.2. The molecule has 0 aliphatic rings. The van der Waals surface area contributed by atoms with Crippen molar-refractivity contribution >= 4 is 37.3 Å². The Kier molecular flexibility index (Phi) is 5.08. The molecule has 0 heterocycles. The van der Waals surface area contributed by atoms with Crippen molar-refractivity contribution in [2.75, 3.05) is 12.8 Å². The molecule has 25 heavy (non-hydrogen) atoms. The predicted molar refractivity (Wildman–Crippen MR) is 87.7 cm³/mol. The summed E-state index contributed by atoms with van der Waals surface area (Å²) >= 11 is 0. The summed E-state index contributed by atoms with van der Waals surface area (Å²) in [6.07, 6.45) is 0. The van der Waals surface area contributed by atoms with Gasteiger partial charge in [-0.25, -0.2) is 0 Å². The third-order valence-corrected chi connectivity index (χ3v) is 4.62. The molecule has 4 N–H and O–H groups in total. The van der Waals surface area contributed by atoms with Crippen LogP contribution in [0.5, 0.6) is 5.75 Å². The molecule has 0 radical (unpaired) electrons. The fourth-order valence-corrected chi connectivity index (χ4v) is 2.96. The molecule has 0 unspecified atom stereocenters. The van der Waals surface area contributed by atoms with E-state index in [4.69, 9.17) is 19.6 Å². The molecule has 12 heteroatoms. The lowest BCUT2D eigenvalue weighted by Gasteiger charge is -2.04. The molecule has 10 nitrogen and oxygen atoms in total. The molecule has 134 valence electrons. The Morgan fingerprint density at radius 1 is 0.880 bits per heavy atom. The van der Waals surface area contributed by atoms with Crippen molar-refractivity contribution in [3.05, 3.63) is 36.4 Å². The van der Waals surface area contributed by atoms with E-state index >= 15 is 0 Å². The van der Waals surface area contributed by atoms with Gasteiger partial charge in [-0.3, -0.25) is 9.11 Å². The van der Waals surface area contributed by atoms with Crippen LogP contribution in [0.4, 0.5) is 17.1 Å². The number of hydrogen-bond donors (Lipinski definition) is 3. The van der Waals surface area contributed by atoms with E-state index in [1.54, 1.807) is 0 Å². The fourth-order valence-electron chi connectivity index (χ4n) is 1.79. The number of hydrogen-bond acceptors (Lipinski definition) is 8. The van der Waals surface area contributed by atoms with Gasteiger partial charge < -0.3 is 10.5 Å². The molecular formula is C13H13N3O7S2. The number of methoxy groups -OCH3 is 1. The first-order valence-electron chi connectivity index (χ1n) is 6.46. The highest BCUT2D eigenvalue weighted by Gasteiger charge is 2.18. The van der Waals surface area contributed by atoms with Crippen molar-refractivity contribution in [1.29, 1.82) is 0 Å². The van der Waals surface area contributed by atoms with Crippen molar-refractivity contribution < 1.29 is 30.7 Å². The van der Waals surface area contributed by atoms with Crippen LogP contribution in [-0.4, -0.2) is 33.1 Å². The summed E-state index contributed by atoms with van der Waals surface area (Å²) in [4.78, 5) is -1.52. The molecule has 2 rings (SSSR count). The summed E-state index contributed by atoms with van der Waals surface area (Å²) in [7, 11) is -8.04. The van der Waals surface area contributed by atoms with Crippen molar-refractivity contribution in [3.8, 4) is 5.75 Å². The van der Waals surface area contributed by atoms with Crippen LogP contribution in [0.15, 0.2) is 56.4 Å². The second-order valence-electron chi connectivity index (χ2n) is 4.74. The Labute approximate surface area is 143 Å². The van der Waals surface area contributed by atoms with E-state index in [9.17, 15) is 16.8 Å². The van der Waals surface area contributed by atoms with Gasteiger partial charge in [0.05, 0.1) is 34.0 Å². The summed E-state index contributed by atoms with van der Waals surface area (Å²) in [5.41, 5.74) is 6.09. The van der Waals surface area contributed by atoms with Crippen LogP contribution in [0.25, 0.3) is 0 Å². The lowest BCUT2D eigenvalue weighted by Crippen LogP contribution is -2.03. The third kappa shape index (κ3) is 4.73. The van der Waals surface area contributed by atoms with E-state index in [0.717, 1.165) is 12.1 Å². The lowest BCUT2D eigenvalue weighted by molar-refractivity contribution is 0.417. The number of nitrogen functional groups attached to an aromatic ring is 1. The molecule has 0 spiro atoms. The van der Waals surface area contributed by atoms with E-state index < -0.39 is 30.0 Å². The Morgan fingerprint density at radius 2 is 1.40 bits per heavy atom. The van der Waals surface area contributed by atoms with Crippen molar-refractivity contribution in [2.24, 2.45) is 10.2 Å². The molecule has 0 atom stereocenters. The number of nitrogens with zero attached hydrogens (tertiary/aromatic N) is 2. The smallest absolute Gasteiger partial charge is 0.294 e. The van der Waals surface area contributed by atoms with E-state index in [0.29, 0.717) is 17.5 Å². The minimum absolute atomic E-state index is 0.224. The van der Waals surface area contributed by atoms with Crippen LogP contribution < -0.4 is 10.5 Å². The van der Waals surface area contributed by atoms with Gasteiger partial charge in [-0.1, -0.05) is 0 Å². The molecule has 0 saturated carbocycles. The maximum absolute atomic E-state index is 11.2. The zero-order valence-electron chi connectivity index (χ0n) is 12.7. The Morgan fingerprint density at radius 3 is 1.88 bits per heavy atom. The SMILES string of the molecule is COc1cc(N=Nc2cc(S(=O)(=O)O)cc(S(=O)(=O)O)c2)ccc1N. The van der Waals surface area contributed by atoms with Gasteiger partial charge in [0.2, 0.25) is 0 Å². The second kappa shape index (κ2) is 6.76. The Balaban J connectivity index is 2.52. The summed E-state index contributed by atoms with van der Waals surface area (Å²) in [6, 6.07) is 6.83. The van der Waals surface area contributed by atoms with E-state index in [2.05, 4.69) is 10.2 Å². The van der Waals surface area contributed by atoms with Gasteiger partial charge in [0.15, 0.2) is 0 Å². The summed E-state index contributed by atoms with van der Waals surface area (Å²) in [5, 5.41) is 7.52. The molecular weight excluding hydrogens is 374 g/mol. The van der Waals surface area contributed by atoms with Crippen LogP contribution in [0.1, 0.15) is 0 Å². The van der Waals surface area contributed by atoms with Crippen molar-refractivity contribution in [3.63, 3.8) is 0 Å². The highest BCUT2D eigenvalue weighted by atomic mass is 32.2. The fraction of sp³-hybridized carbons (Fsp3) is 0.0769. The van der Waals surface area contributed by atoms with E-state index in [1.807, 2.05) is 0 Å². The number of benzene rings is 2. The number of ether oxygens (including phenoxy) is 1. The quantitative estimate of drug-likeness (QED) is 0.398. The maximum Gasteiger partial charge on any atom is 0.294 e. The summed E-state index contributed by atoms with van der Waals surface area (Å²) in [5.74, 6) is 0.335. The zero-order valence-corrected chi connectivity index (χ0v) is 14.3. The van der Waals surface area contributed by atoms with Crippen molar-refractivity contribution in [1.82, 2.24) is 0 Å². The first kappa shape index (κ1) is 18.8. The number of anilines is 1. The number of azo groups is 1. The van der Waals surface area contributed by atoms with Gasteiger partial charge in [-0.05, 0) is 30.3 Å². The molecule has 2 aromatic rings. The average Bonchev–Trinajstić information content (AvgIpc) is 2.52. The monoisotopic (exact) mass is 387 g/mol. The minimum Gasteiger partial charge on any atom is -0.495 e. The van der Waals surface area contributed by atoms with Gasteiger partial charge in [0.25, 0.3) is 20.2 Å². The zero-order chi connectivity index (χ0) is 18.8. The van der Waals surface area contributed by atoms with Crippen LogP contribution in [0, 0.1) is 0 Å². The first-order valence-corrected chi connectivity index (χ1v) is 9.34. The number of rotatable bonds is 5. The second-order valence-corrected chi connectivity index (χ2v) is 7.58. The van der Waals surface area contributed by atoms with Crippen molar-refractivity contribution in [2.45, 2.75) is 9.79 Å². The van der Waals surface area contributed by atoms with Gasteiger partial charge in [0, 0.05) is 6.07 Å². The van der Waals surface area contributed by atoms with E-state index in [1.165, 1.54) is 25.3 Å². The van der Waals surface area contributed by atoms with Gasteiger partial charge in [0.1, 0.15) is 5.75 Å². The van der Waals surface area contributed by atoms with Crippen LogP contribution >= 0.6 is 0 Å². The van der Waals surface area contributed by atoms with Crippen LogP contribution in [0.3, 0.4) is 0 Å². The summed E-state index contributed by atoms with van der Waals surface area (Å²) in [6.45, 7) is 0. The van der Waals surface area contributed by atoms with Gasteiger partial charge >= 0.3 is 0 Å². The maximum atomic E-state index is 11.2. The molecule has 0 aliphatic heterocycles. The largest absolute Gasteiger partial charge is 0.495 e. The van der Waals surface area contributed by atoms with Gasteiger partial charge in [-0.2, -0.15) is 27.1 Å². The summed E-state index contributed by atoms with van der Waals surface area (Å²) < 4.78 is 68.1. The highest BCUT2D eigenvalue weighted by molar-refractivity contribution is 7.86. The molecule has 0 fully saturated rings. The van der Waals surface area contributed by atoms with E-state index in [-0.39, 0.29) is 11.4 Å². The molecule has 0 saturated heterocycles. The number of nitrogens with two attached hydrogens (primary N) is 1. The molecule has 0 aromatic heterocycles. The Hall–Kier alpha value is -2.54. The normalized spacial score (nSPS) is 12.4. The average molecular weight is 387 g/mol.